The summed E-state index contributed by atoms with van der Waals surface area (Å²) in [6.45, 7) is 1.81. The molecule has 5 aromatic carbocycles. The normalized spacial score (nSPS) is 11.8. The van der Waals surface area contributed by atoms with Gasteiger partial charge in [0, 0.05) is 16.1 Å². The Bertz CT molecular complexity index is 2130. The zero-order chi connectivity index (χ0) is 34.2. The fraction of sp³-hybridized carbons (Fsp3) is 0.0769. The van der Waals surface area contributed by atoms with Gasteiger partial charge in [-0.25, -0.2) is 4.98 Å². The summed E-state index contributed by atoms with van der Waals surface area (Å²) in [4.78, 5) is 45.1. The van der Waals surface area contributed by atoms with Crippen molar-refractivity contribution in [2.75, 3.05) is 17.7 Å². The number of nitrogens with one attached hydrogen (secondary N) is 3. The summed E-state index contributed by atoms with van der Waals surface area (Å²) in [5.74, 6) is -0.364. The third-order valence-corrected chi connectivity index (χ3v) is 9.48. The van der Waals surface area contributed by atoms with Crippen molar-refractivity contribution in [2.24, 2.45) is 0 Å². The Hall–Kier alpha value is -5.71. The third kappa shape index (κ3) is 8.61. The minimum Gasteiger partial charge on any atom is -0.497 e. The number of methoxy groups -OCH3 is 1. The summed E-state index contributed by atoms with van der Waals surface area (Å²) >= 11 is 2.73. The van der Waals surface area contributed by atoms with Gasteiger partial charge in [0.05, 0.1) is 22.6 Å². The molecule has 3 amide bonds. The first kappa shape index (κ1) is 33.2. The first-order valence-corrected chi connectivity index (χ1v) is 17.1. The summed E-state index contributed by atoms with van der Waals surface area (Å²) < 4.78 is 6.20. The number of amides is 3. The Morgan fingerprint density at radius 3 is 2.24 bits per heavy atom. The molecule has 0 saturated carbocycles. The van der Waals surface area contributed by atoms with Crippen molar-refractivity contribution in [3.63, 3.8) is 0 Å². The molecule has 8 nitrogen and oxygen atoms in total. The van der Waals surface area contributed by atoms with E-state index in [4.69, 9.17) is 4.74 Å². The highest BCUT2D eigenvalue weighted by Crippen LogP contribution is 2.31. The molecule has 0 spiro atoms. The summed E-state index contributed by atoms with van der Waals surface area (Å²) in [6.07, 6.45) is 1.65. The summed E-state index contributed by atoms with van der Waals surface area (Å²) in [6, 6.07) is 39.3. The van der Waals surface area contributed by atoms with Crippen molar-refractivity contribution in [3.8, 4) is 16.9 Å². The molecule has 0 radical (unpaired) electrons. The molecule has 1 atom stereocenters. The predicted molar refractivity (Wildman–Crippen MR) is 199 cm³/mol. The quantitative estimate of drug-likeness (QED) is 0.0933. The van der Waals surface area contributed by atoms with Crippen LogP contribution in [-0.2, 0) is 9.59 Å². The Morgan fingerprint density at radius 1 is 0.796 bits per heavy atom. The number of carbonyl (C=O) groups is 3. The number of benzene rings is 5. The molecule has 6 aromatic rings. The first-order chi connectivity index (χ1) is 23.8. The summed E-state index contributed by atoms with van der Waals surface area (Å²) in [7, 11) is 1.61. The van der Waals surface area contributed by atoms with E-state index in [2.05, 4.69) is 20.9 Å². The fourth-order valence-corrected chi connectivity index (χ4v) is 6.73. The SMILES string of the molecule is COc1ccc2nc(NC(=O)C(C)Sc3cccc(NC(=O)/C(=C\c4ccc(-c5ccccc5)cc4)NC(=O)c4ccccc4)c3)sc2c1. The predicted octanol–water partition coefficient (Wildman–Crippen LogP) is 8.50. The molecule has 10 heteroatoms. The van der Waals surface area contributed by atoms with Crippen LogP contribution in [0.25, 0.3) is 27.4 Å². The molecule has 0 fully saturated rings. The van der Waals surface area contributed by atoms with Gasteiger partial charge < -0.3 is 20.7 Å². The van der Waals surface area contributed by atoms with E-state index in [0.29, 0.717) is 16.4 Å². The number of aromatic nitrogens is 1. The van der Waals surface area contributed by atoms with Crippen LogP contribution in [-0.4, -0.2) is 35.1 Å². The van der Waals surface area contributed by atoms with Crippen molar-refractivity contribution in [3.05, 3.63) is 144 Å². The molecule has 6 rings (SSSR count). The van der Waals surface area contributed by atoms with Crippen LogP contribution in [0.2, 0.25) is 0 Å². The van der Waals surface area contributed by atoms with Crippen molar-refractivity contribution in [1.29, 1.82) is 0 Å². The van der Waals surface area contributed by atoms with E-state index in [0.717, 1.165) is 37.6 Å². The van der Waals surface area contributed by atoms with Gasteiger partial charge >= 0.3 is 0 Å². The van der Waals surface area contributed by atoms with Gasteiger partial charge in [-0.2, -0.15) is 0 Å². The molecule has 1 unspecified atom stereocenters. The lowest BCUT2D eigenvalue weighted by Gasteiger charge is -2.14. The molecule has 0 aliphatic rings. The van der Waals surface area contributed by atoms with Crippen LogP contribution in [0.3, 0.4) is 0 Å². The second-order valence-electron chi connectivity index (χ2n) is 11.0. The number of nitrogens with zero attached hydrogens (tertiary/aromatic N) is 1. The Morgan fingerprint density at radius 2 is 1.51 bits per heavy atom. The van der Waals surface area contributed by atoms with E-state index in [1.165, 1.54) is 23.1 Å². The van der Waals surface area contributed by atoms with Gasteiger partial charge in [-0.05, 0) is 78.2 Å². The van der Waals surface area contributed by atoms with E-state index in [-0.39, 0.29) is 11.6 Å². The van der Waals surface area contributed by atoms with Crippen LogP contribution < -0.4 is 20.7 Å². The second kappa shape index (κ2) is 15.5. The lowest BCUT2D eigenvalue weighted by molar-refractivity contribution is -0.115. The minimum absolute atomic E-state index is 0.0839. The van der Waals surface area contributed by atoms with E-state index in [9.17, 15) is 14.4 Å². The van der Waals surface area contributed by atoms with Gasteiger partial charge in [0.1, 0.15) is 11.4 Å². The van der Waals surface area contributed by atoms with Crippen molar-refractivity contribution in [1.82, 2.24) is 10.3 Å². The molecule has 0 bridgehead atoms. The van der Waals surface area contributed by atoms with Crippen molar-refractivity contribution >= 4 is 67.9 Å². The maximum atomic E-state index is 13.7. The molecule has 1 aromatic heterocycles. The number of fused-ring (bicyclic) bond motifs is 1. The summed E-state index contributed by atoms with van der Waals surface area (Å²) in [5, 5.41) is 8.66. The van der Waals surface area contributed by atoms with E-state index in [1.54, 1.807) is 55.7 Å². The van der Waals surface area contributed by atoms with Gasteiger partial charge in [0.25, 0.3) is 11.8 Å². The average Bonchev–Trinajstić information content (AvgIpc) is 3.54. The van der Waals surface area contributed by atoms with E-state index < -0.39 is 17.1 Å². The average molecular weight is 685 g/mol. The number of rotatable bonds is 11. The fourth-order valence-electron chi connectivity index (χ4n) is 4.91. The van der Waals surface area contributed by atoms with Crippen LogP contribution >= 0.6 is 23.1 Å². The van der Waals surface area contributed by atoms with Crippen molar-refractivity contribution < 1.29 is 19.1 Å². The number of anilines is 2. The maximum absolute atomic E-state index is 13.7. The van der Waals surface area contributed by atoms with Crippen molar-refractivity contribution in [2.45, 2.75) is 17.1 Å². The van der Waals surface area contributed by atoms with Gasteiger partial charge in [-0.1, -0.05) is 90.2 Å². The van der Waals surface area contributed by atoms with Gasteiger partial charge in [0.2, 0.25) is 5.91 Å². The van der Waals surface area contributed by atoms with Gasteiger partial charge in [-0.3, -0.25) is 14.4 Å². The first-order valence-electron chi connectivity index (χ1n) is 15.4. The minimum atomic E-state index is -0.489. The topological polar surface area (TPSA) is 109 Å². The molecule has 0 aliphatic carbocycles. The number of thiazole rings is 1. The molecule has 1 heterocycles. The lowest BCUT2D eigenvalue weighted by Crippen LogP contribution is -2.30. The van der Waals surface area contributed by atoms with E-state index >= 15 is 0 Å². The van der Waals surface area contributed by atoms with Gasteiger partial charge in [-0.15, -0.1) is 11.8 Å². The van der Waals surface area contributed by atoms with Crippen LogP contribution in [0.4, 0.5) is 10.8 Å². The van der Waals surface area contributed by atoms with Crippen LogP contribution in [0.5, 0.6) is 5.75 Å². The Kier molecular flexibility index (Phi) is 10.5. The van der Waals surface area contributed by atoms with Crippen LogP contribution in [0.15, 0.2) is 138 Å². The highest BCUT2D eigenvalue weighted by atomic mass is 32.2. The lowest BCUT2D eigenvalue weighted by atomic mass is 10.0. The second-order valence-corrected chi connectivity index (χ2v) is 13.4. The number of carbonyl (C=O) groups excluding carboxylic acids is 3. The monoisotopic (exact) mass is 684 g/mol. The molecule has 244 valence electrons. The van der Waals surface area contributed by atoms with Gasteiger partial charge in [0.15, 0.2) is 5.13 Å². The Labute approximate surface area is 292 Å². The van der Waals surface area contributed by atoms with Crippen LogP contribution in [0.1, 0.15) is 22.8 Å². The van der Waals surface area contributed by atoms with E-state index in [1.807, 2.05) is 91.9 Å². The largest absolute Gasteiger partial charge is 0.497 e. The zero-order valence-electron chi connectivity index (χ0n) is 26.7. The smallest absolute Gasteiger partial charge is 0.272 e. The highest BCUT2D eigenvalue weighted by Gasteiger charge is 2.19. The zero-order valence-corrected chi connectivity index (χ0v) is 28.3. The maximum Gasteiger partial charge on any atom is 0.272 e. The summed E-state index contributed by atoms with van der Waals surface area (Å²) in [5.41, 5.74) is 4.67. The molecule has 49 heavy (non-hydrogen) atoms. The molecule has 0 aliphatic heterocycles. The Balaban J connectivity index is 1.15. The number of thioether (sulfide) groups is 1. The molecule has 0 saturated heterocycles. The third-order valence-electron chi connectivity index (χ3n) is 7.46. The molecule has 3 N–H and O–H groups in total. The standard InChI is InChI=1S/C39H32N4O4S2/c1-25(36(44)43-39-42-33-21-20-31(47-2)24-35(33)49-39)48-32-15-9-14-30(23-32)40-38(46)34(41-37(45)29-12-7-4-8-13-29)22-26-16-18-28(19-17-26)27-10-5-3-6-11-27/h3-25H,1-2H3,(H,40,46)(H,41,45)(H,42,43,44)/b34-22+. The molecular weight excluding hydrogens is 653 g/mol. The number of hydrogen-bond donors (Lipinski definition) is 3. The molecular formula is C39H32N4O4S2. The number of hydrogen-bond acceptors (Lipinski definition) is 7. The van der Waals surface area contributed by atoms with Crippen LogP contribution in [0, 0.1) is 0 Å². The highest BCUT2D eigenvalue weighted by molar-refractivity contribution is 8.00. The number of ether oxygens (including phenoxy) is 1.